The Morgan fingerprint density at radius 1 is 0.328 bits per heavy atom. The molecule has 0 aliphatic heterocycles. The Labute approximate surface area is 379 Å². The van der Waals surface area contributed by atoms with Gasteiger partial charge in [0.2, 0.25) is 0 Å². The number of carbonyl (C=O) groups is 3. The summed E-state index contributed by atoms with van der Waals surface area (Å²) in [6.07, 6.45) is 57.8. The van der Waals surface area contributed by atoms with Gasteiger partial charge in [0, 0.05) is 19.3 Å². The van der Waals surface area contributed by atoms with Crippen LogP contribution in [0.3, 0.4) is 0 Å². The van der Waals surface area contributed by atoms with E-state index < -0.39 is 6.10 Å². The molecular weight excluding hydrogens is 757 g/mol. The van der Waals surface area contributed by atoms with Gasteiger partial charge in [0.05, 0.1) is 0 Å². The van der Waals surface area contributed by atoms with Gasteiger partial charge in [0.1, 0.15) is 13.2 Å². The average Bonchev–Trinajstić information content (AvgIpc) is 3.26. The topological polar surface area (TPSA) is 78.9 Å². The van der Waals surface area contributed by atoms with Crippen LogP contribution in [0, 0.1) is 0 Å². The van der Waals surface area contributed by atoms with Crippen molar-refractivity contribution in [2.75, 3.05) is 13.2 Å². The van der Waals surface area contributed by atoms with E-state index in [2.05, 4.69) is 45.1 Å². The van der Waals surface area contributed by atoms with Crippen LogP contribution < -0.4 is 0 Å². The zero-order valence-corrected chi connectivity index (χ0v) is 40.9. The molecule has 0 aliphatic rings. The van der Waals surface area contributed by atoms with E-state index in [1.54, 1.807) is 0 Å². The number of hydrogen-bond acceptors (Lipinski definition) is 6. The highest BCUT2D eigenvalue weighted by atomic mass is 16.6. The fourth-order valence-corrected chi connectivity index (χ4v) is 7.89. The number of hydrogen-bond donors (Lipinski definition) is 0. The molecule has 358 valence electrons. The quantitative estimate of drug-likeness (QED) is 0.0262. The highest BCUT2D eigenvalue weighted by Gasteiger charge is 2.19. The molecule has 0 aromatic rings. The van der Waals surface area contributed by atoms with Gasteiger partial charge in [-0.15, -0.1) is 0 Å². The van der Waals surface area contributed by atoms with E-state index in [9.17, 15) is 14.4 Å². The van der Waals surface area contributed by atoms with E-state index in [0.717, 1.165) is 70.6 Å². The molecule has 0 rings (SSSR count). The van der Waals surface area contributed by atoms with Crippen molar-refractivity contribution in [3.8, 4) is 0 Å². The van der Waals surface area contributed by atoms with Crippen LogP contribution in [-0.4, -0.2) is 37.2 Å². The van der Waals surface area contributed by atoms with E-state index >= 15 is 0 Å². The lowest BCUT2D eigenvalue weighted by Gasteiger charge is -2.18. The Morgan fingerprint density at radius 2 is 0.590 bits per heavy atom. The van der Waals surface area contributed by atoms with Crippen molar-refractivity contribution in [1.29, 1.82) is 0 Å². The van der Waals surface area contributed by atoms with Crippen molar-refractivity contribution in [1.82, 2.24) is 0 Å². The maximum absolute atomic E-state index is 12.7. The Bertz CT molecular complexity index is 989. The Morgan fingerprint density at radius 3 is 0.902 bits per heavy atom. The highest BCUT2D eigenvalue weighted by molar-refractivity contribution is 5.71. The zero-order chi connectivity index (χ0) is 44.4. The molecule has 0 aromatic carbocycles. The minimum absolute atomic E-state index is 0.0677. The second-order valence-electron chi connectivity index (χ2n) is 18.2. The zero-order valence-electron chi connectivity index (χ0n) is 40.9. The molecule has 0 heterocycles. The maximum Gasteiger partial charge on any atom is 0.306 e. The van der Waals surface area contributed by atoms with Gasteiger partial charge in [-0.2, -0.15) is 0 Å². The maximum atomic E-state index is 12.7. The van der Waals surface area contributed by atoms with Crippen LogP contribution >= 0.6 is 0 Å². The first-order valence-corrected chi connectivity index (χ1v) is 26.8. The van der Waals surface area contributed by atoms with E-state index in [0.29, 0.717) is 19.3 Å². The molecule has 0 aromatic heterocycles. The number of rotatable bonds is 49. The number of carbonyl (C=O) groups excluding carboxylic acids is 3. The second-order valence-corrected chi connectivity index (χ2v) is 18.2. The third-order valence-electron chi connectivity index (χ3n) is 12.0. The van der Waals surface area contributed by atoms with Crippen molar-refractivity contribution in [2.45, 2.75) is 297 Å². The summed E-state index contributed by atoms with van der Waals surface area (Å²) in [5, 5.41) is 0. The van der Waals surface area contributed by atoms with Gasteiger partial charge in [0.15, 0.2) is 6.10 Å². The van der Waals surface area contributed by atoms with Crippen LogP contribution in [0.5, 0.6) is 0 Å². The summed E-state index contributed by atoms with van der Waals surface area (Å²) in [4.78, 5) is 37.6. The van der Waals surface area contributed by atoms with Gasteiger partial charge in [-0.05, 0) is 51.4 Å². The largest absolute Gasteiger partial charge is 0.462 e. The minimum atomic E-state index is -0.762. The first-order valence-electron chi connectivity index (χ1n) is 26.8. The van der Waals surface area contributed by atoms with Crippen LogP contribution in [0.1, 0.15) is 290 Å². The number of esters is 3. The van der Waals surface area contributed by atoms with Crippen LogP contribution in [0.4, 0.5) is 0 Å². The molecule has 0 amide bonds. The smallest absolute Gasteiger partial charge is 0.306 e. The van der Waals surface area contributed by atoms with Gasteiger partial charge in [-0.1, -0.05) is 244 Å². The van der Waals surface area contributed by atoms with Crippen LogP contribution in [0.25, 0.3) is 0 Å². The second kappa shape index (κ2) is 50.5. The summed E-state index contributed by atoms with van der Waals surface area (Å²) in [6.45, 7) is 6.57. The van der Waals surface area contributed by atoms with Gasteiger partial charge in [0.25, 0.3) is 0 Å². The lowest BCUT2D eigenvalue weighted by Crippen LogP contribution is -2.30. The Kier molecular flexibility index (Phi) is 48.8. The monoisotopic (exact) mass is 859 g/mol. The number of unbranched alkanes of at least 4 members (excludes halogenated alkanes) is 34. The van der Waals surface area contributed by atoms with E-state index in [4.69, 9.17) is 14.2 Å². The molecule has 0 saturated heterocycles. The predicted molar refractivity (Wildman–Crippen MR) is 261 cm³/mol. The SMILES string of the molecule is CCCCCCC/C=C\C/C=C\CCCCCCCCCCCCCCCC(=O)OCC(COC(=O)CCCCCCC)OC(=O)CCCCCCCCCCCCCCC. The van der Waals surface area contributed by atoms with Crippen molar-refractivity contribution in [2.24, 2.45) is 0 Å². The van der Waals surface area contributed by atoms with Crippen molar-refractivity contribution >= 4 is 17.9 Å². The summed E-state index contributed by atoms with van der Waals surface area (Å²) >= 11 is 0. The molecule has 61 heavy (non-hydrogen) atoms. The lowest BCUT2D eigenvalue weighted by molar-refractivity contribution is -0.167. The number of allylic oxidation sites excluding steroid dienone is 4. The van der Waals surface area contributed by atoms with Crippen LogP contribution in [0.15, 0.2) is 24.3 Å². The third-order valence-corrected chi connectivity index (χ3v) is 12.0. The van der Waals surface area contributed by atoms with Gasteiger partial charge < -0.3 is 14.2 Å². The van der Waals surface area contributed by atoms with Gasteiger partial charge >= 0.3 is 17.9 Å². The summed E-state index contributed by atoms with van der Waals surface area (Å²) in [6, 6.07) is 0. The molecule has 0 saturated carbocycles. The van der Waals surface area contributed by atoms with Crippen molar-refractivity contribution in [3.63, 3.8) is 0 Å². The van der Waals surface area contributed by atoms with Crippen molar-refractivity contribution in [3.05, 3.63) is 24.3 Å². The Hall–Kier alpha value is -2.11. The fourth-order valence-electron chi connectivity index (χ4n) is 7.89. The molecule has 6 heteroatoms. The molecule has 1 unspecified atom stereocenters. The van der Waals surface area contributed by atoms with Crippen molar-refractivity contribution < 1.29 is 28.6 Å². The summed E-state index contributed by atoms with van der Waals surface area (Å²) in [5.41, 5.74) is 0. The summed E-state index contributed by atoms with van der Waals surface area (Å²) < 4.78 is 16.7. The molecule has 0 N–H and O–H groups in total. The molecule has 6 nitrogen and oxygen atoms in total. The number of ether oxygens (including phenoxy) is 3. The molecular formula is C55H102O6. The van der Waals surface area contributed by atoms with Crippen LogP contribution in [0.2, 0.25) is 0 Å². The first kappa shape index (κ1) is 58.9. The minimum Gasteiger partial charge on any atom is -0.462 e. The first-order chi connectivity index (χ1) is 30.0. The van der Waals surface area contributed by atoms with E-state index in [-0.39, 0.29) is 31.1 Å². The molecule has 0 bridgehead atoms. The normalized spacial score (nSPS) is 12.1. The molecule has 0 radical (unpaired) electrons. The fraction of sp³-hybridized carbons (Fsp3) is 0.873. The predicted octanol–water partition coefficient (Wildman–Crippen LogP) is 17.5. The molecule has 1 atom stereocenters. The molecule has 0 spiro atoms. The Balaban J connectivity index is 4.02. The molecule has 0 aliphatic carbocycles. The summed E-state index contributed by atoms with van der Waals surface area (Å²) in [5.74, 6) is -0.869. The highest BCUT2D eigenvalue weighted by Crippen LogP contribution is 2.16. The van der Waals surface area contributed by atoms with E-state index in [1.165, 1.54) is 180 Å². The third kappa shape index (κ3) is 48.8. The van der Waals surface area contributed by atoms with Gasteiger partial charge in [-0.25, -0.2) is 0 Å². The standard InChI is InChI=1S/C55H102O6/c1-4-7-10-13-15-17-19-21-22-23-24-25-26-27-28-29-30-31-32-34-35-37-39-42-45-48-54(57)60-51-52(50-59-53(56)47-44-41-12-9-6-3)61-55(58)49-46-43-40-38-36-33-20-18-16-14-11-8-5-2/h19,21,23-24,52H,4-18,20,22,25-51H2,1-3H3/b21-19-,24-23-. The average molecular weight is 859 g/mol. The summed E-state index contributed by atoms with van der Waals surface area (Å²) in [7, 11) is 0. The lowest BCUT2D eigenvalue weighted by atomic mass is 10.0. The van der Waals surface area contributed by atoms with Gasteiger partial charge in [-0.3, -0.25) is 14.4 Å². The molecule has 0 fully saturated rings. The van der Waals surface area contributed by atoms with Crippen LogP contribution in [-0.2, 0) is 28.6 Å². The van der Waals surface area contributed by atoms with E-state index in [1.807, 2.05) is 0 Å².